The van der Waals surface area contributed by atoms with Gasteiger partial charge in [-0.2, -0.15) is 0 Å². The minimum Gasteiger partial charge on any atom is -0.490 e. The van der Waals surface area contributed by atoms with E-state index in [4.69, 9.17) is 15.2 Å². The van der Waals surface area contributed by atoms with Crippen LogP contribution in [-0.4, -0.2) is 38.2 Å². The van der Waals surface area contributed by atoms with E-state index in [0.717, 1.165) is 30.2 Å². The number of nitrogens with zero attached hydrogens (tertiary/aromatic N) is 2. The van der Waals surface area contributed by atoms with Crippen molar-refractivity contribution in [2.24, 2.45) is 10.7 Å². The van der Waals surface area contributed by atoms with E-state index in [0.29, 0.717) is 25.7 Å². The molecule has 0 spiro atoms. The molecule has 0 unspecified atom stereocenters. The normalized spacial score (nSPS) is 14.2. The molecule has 0 saturated carbocycles. The molecule has 2 aromatic carbocycles. The molecule has 0 radical (unpaired) electrons. The molecule has 1 aliphatic rings. The Morgan fingerprint density at radius 3 is 2.58 bits per heavy atom. The van der Waals surface area contributed by atoms with Crippen molar-refractivity contribution in [2.45, 2.75) is 19.5 Å². The summed E-state index contributed by atoms with van der Waals surface area (Å²) in [6, 6.07) is 14.0. The minimum atomic E-state index is 0.374. The van der Waals surface area contributed by atoms with Crippen LogP contribution >= 0.6 is 0 Å². The van der Waals surface area contributed by atoms with Gasteiger partial charge < -0.3 is 25.4 Å². The van der Waals surface area contributed by atoms with Gasteiger partial charge in [0.1, 0.15) is 0 Å². The summed E-state index contributed by atoms with van der Waals surface area (Å²) in [4.78, 5) is 6.62. The van der Waals surface area contributed by atoms with E-state index in [2.05, 4.69) is 41.4 Å². The molecule has 0 amide bonds. The molecule has 0 fully saturated rings. The lowest BCUT2D eigenvalue weighted by molar-refractivity contribution is 0.297. The van der Waals surface area contributed by atoms with Crippen LogP contribution in [0.4, 0.5) is 5.69 Å². The van der Waals surface area contributed by atoms with Crippen LogP contribution in [0.3, 0.4) is 0 Å². The third-order valence-corrected chi connectivity index (χ3v) is 4.04. The predicted molar refractivity (Wildman–Crippen MR) is 105 cm³/mol. The average Bonchev–Trinajstić information content (AvgIpc) is 2.85. The maximum absolute atomic E-state index is 6.07. The molecule has 2 aromatic rings. The summed E-state index contributed by atoms with van der Waals surface area (Å²) in [7, 11) is 4.11. The van der Waals surface area contributed by atoms with Gasteiger partial charge >= 0.3 is 0 Å². The van der Waals surface area contributed by atoms with E-state index in [-0.39, 0.29) is 0 Å². The number of hydrogen-bond donors (Lipinski definition) is 2. The molecule has 6 heteroatoms. The Balaban J connectivity index is 1.67. The Kier molecular flexibility index (Phi) is 5.96. The number of guanidine groups is 1. The maximum atomic E-state index is 6.07. The molecule has 6 nitrogen and oxygen atoms in total. The Labute approximate surface area is 154 Å². The van der Waals surface area contributed by atoms with Crippen molar-refractivity contribution in [3.63, 3.8) is 0 Å². The molecule has 3 rings (SSSR count). The Hall–Kier alpha value is -2.73. The Morgan fingerprint density at radius 2 is 1.81 bits per heavy atom. The minimum absolute atomic E-state index is 0.374. The standard InChI is InChI=1S/C20H26N4O2/c1-24(2)14-16-7-4-3-6-15(16)13-22-20(21)23-17-8-9-18-19(12-17)26-11-5-10-25-18/h3-4,6-9,12H,5,10-11,13-14H2,1-2H3,(H3,21,22,23). The molecule has 138 valence electrons. The highest BCUT2D eigenvalue weighted by atomic mass is 16.5. The average molecular weight is 354 g/mol. The fourth-order valence-corrected chi connectivity index (χ4v) is 2.81. The molecule has 3 N–H and O–H groups in total. The highest BCUT2D eigenvalue weighted by Gasteiger charge is 2.11. The van der Waals surface area contributed by atoms with Crippen LogP contribution in [0, 0.1) is 0 Å². The number of rotatable bonds is 5. The van der Waals surface area contributed by atoms with E-state index in [9.17, 15) is 0 Å². The number of benzene rings is 2. The van der Waals surface area contributed by atoms with Gasteiger partial charge in [0, 0.05) is 24.7 Å². The molecule has 0 saturated heterocycles. The first-order valence-electron chi connectivity index (χ1n) is 8.80. The number of ether oxygens (including phenoxy) is 2. The first-order valence-corrected chi connectivity index (χ1v) is 8.80. The summed E-state index contributed by atoms with van der Waals surface area (Å²) >= 11 is 0. The molecular formula is C20H26N4O2. The number of hydrogen-bond acceptors (Lipinski definition) is 4. The molecule has 1 heterocycles. The zero-order chi connectivity index (χ0) is 18.4. The van der Waals surface area contributed by atoms with Gasteiger partial charge in [0.05, 0.1) is 19.8 Å². The fraction of sp³-hybridized carbons (Fsp3) is 0.350. The third-order valence-electron chi connectivity index (χ3n) is 4.04. The summed E-state index contributed by atoms with van der Waals surface area (Å²) < 4.78 is 11.3. The molecule has 0 aliphatic carbocycles. The predicted octanol–water partition coefficient (Wildman–Crippen LogP) is 2.84. The number of anilines is 1. The van der Waals surface area contributed by atoms with Gasteiger partial charge in [-0.05, 0) is 37.4 Å². The first-order chi connectivity index (χ1) is 12.6. The molecule has 1 aliphatic heterocycles. The quantitative estimate of drug-likeness (QED) is 0.638. The summed E-state index contributed by atoms with van der Waals surface area (Å²) in [5, 5.41) is 3.12. The second kappa shape index (κ2) is 8.58. The summed E-state index contributed by atoms with van der Waals surface area (Å²) in [6.45, 7) is 2.74. The number of aliphatic imine (C=N–C) groups is 1. The van der Waals surface area contributed by atoms with Gasteiger partial charge in [-0.15, -0.1) is 0 Å². The smallest absolute Gasteiger partial charge is 0.193 e. The van der Waals surface area contributed by atoms with Gasteiger partial charge in [0.15, 0.2) is 17.5 Å². The highest BCUT2D eigenvalue weighted by molar-refractivity contribution is 5.92. The first kappa shape index (κ1) is 18.1. The lowest BCUT2D eigenvalue weighted by Gasteiger charge is -2.13. The topological polar surface area (TPSA) is 72.1 Å². The lowest BCUT2D eigenvalue weighted by atomic mass is 10.1. The Bertz CT molecular complexity index is 774. The van der Waals surface area contributed by atoms with E-state index >= 15 is 0 Å². The molecular weight excluding hydrogens is 328 g/mol. The van der Waals surface area contributed by atoms with E-state index in [1.54, 1.807) is 0 Å². The molecule has 0 aromatic heterocycles. The van der Waals surface area contributed by atoms with Gasteiger partial charge in [0.25, 0.3) is 0 Å². The number of fused-ring (bicyclic) bond motifs is 1. The van der Waals surface area contributed by atoms with Gasteiger partial charge in [-0.3, -0.25) is 0 Å². The summed E-state index contributed by atoms with van der Waals surface area (Å²) in [6.07, 6.45) is 0.882. The van der Waals surface area contributed by atoms with Crippen LogP contribution in [-0.2, 0) is 13.1 Å². The van der Waals surface area contributed by atoms with Crippen molar-refractivity contribution in [2.75, 3.05) is 32.6 Å². The maximum Gasteiger partial charge on any atom is 0.193 e. The summed E-state index contributed by atoms with van der Waals surface area (Å²) in [5.41, 5.74) is 9.32. The molecule has 0 bridgehead atoms. The largest absolute Gasteiger partial charge is 0.490 e. The second-order valence-corrected chi connectivity index (χ2v) is 6.54. The number of nitrogens with two attached hydrogens (primary N) is 1. The summed E-state index contributed by atoms with van der Waals surface area (Å²) in [5.74, 6) is 1.87. The van der Waals surface area contributed by atoms with E-state index in [1.807, 2.05) is 30.3 Å². The van der Waals surface area contributed by atoms with Crippen LogP contribution in [0.25, 0.3) is 0 Å². The van der Waals surface area contributed by atoms with Crippen molar-refractivity contribution >= 4 is 11.6 Å². The van der Waals surface area contributed by atoms with Crippen LogP contribution in [0.1, 0.15) is 17.5 Å². The lowest BCUT2D eigenvalue weighted by Crippen LogP contribution is -2.22. The highest BCUT2D eigenvalue weighted by Crippen LogP contribution is 2.32. The zero-order valence-corrected chi connectivity index (χ0v) is 15.4. The fourth-order valence-electron chi connectivity index (χ4n) is 2.81. The van der Waals surface area contributed by atoms with Crippen LogP contribution < -0.4 is 20.5 Å². The van der Waals surface area contributed by atoms with E-state index < -0.39 is 0 Å². The Morgan fingerprint density at radius 1 is 1.08 bits per heavy atom. The molecule has 26 heavy (non-hydrogen) atoms. The van der Waals surface area contributed by atoms with Crippen LogP contribution in [0.5, 0.6) is 11.5 Å². The van der Waals surface area contributed by atoms with Crippen molar-refractivity contribution < 1.29 is 9.47 Å². The van der Waals surface area contributed by atoms with Crippen molar-refractivity contribution in [3.05, 3.63) is 53.6 Å². The van der Waals surface area contributed by atoms with E-state index in [1.165, 1.54) is 11.1 Å². The SMILES string of the molecule is CN(C)Cc1ccccc1CN=C(N)Nc1ccc2c(c1)OCCCO2. The van der Waals surface area contributed by atoms with Crippen molar-refractivity contribution in [1.82, 2.24) is 4.90 Å². The van der Waals surface area contributed by atoms with Gasteiger partial charge in [-0.25, -0.2) is 4.99 Å². The van der Waals surface area contributed by atoms with Crippen molar-refractivity contribution in [3.8, 4) is 11.5 Å². The monoisotopic (exact) mass is 354 g/mol. The van der Waals surface area contributed by atoms with Crippen molar-refractivity contribution in [1.29, 1.82) is 0 Å². The van der Waals surface area contributed by atoms with Gasteiger partial charge in [0.2, 0.25) is 0 Å². The van der Waals surface area contributed by atoms with Crippen LogP contribution in [0.2, 0.25) is 0 Å². The van der Waals surface area contributed by atoms with Gasteiger partial charge in [-0.1, -0.05) is 24.3 Å². The zero-order valence-electron chi connectivity index (χ0n) is 15.4. The van der Waals surface area contributed by atoms with Crippen LogP contribution in [0.15, 0.2) is 47.5 Å². The second-order valence-electron chi connectivity index (χ2n) is 6.54. The molecule has 0 atom stereocenters. The third kappa shape index (κ3) is 4.89. The number of nitrogens with one attached hydrogen (secondary N) is 1.